The fourth-order valence-electron chi connectivity index (χ4n) is 1.94. The number of amidine groups is 1. The summed E-state index contributed by atoms with van der Waals surface area (Å²) in [4.78, 5) is 11.3. The van der Waals surface area contributed by atoms with E-state index in [0.29, 0.717) is 6.54 Å². The number of hydrogen-bond donors (Lipinski definition) is 4. The van der Waals surface area contributed by atoms with Crippen molar-refractivity contribution in [2.75, 3.05) is 6.54 Å². The summed E-state index contributed by atoms with van der Waals surface area (Å²) in [5.41, 5.74) is 5.55. The van der Waals surface area contributed by atoms with Gasteiger partial charge in [-0.3, -0.25) is 0 Å². The van der Waals surface area contributed by atoms with Crippen molar-refractivity contribution in [3.05, 3.63) is 0 Å². The van der Waals surface area contributed by atoms with Gasteiger partial charge in [0.1, 0.15) is 5.84 Å². The van der Waals surface area contributed by atoms with Crippen LogP contribution >= 0.6 is 0 Å². The summed E-state index contributed by atoms with van der Waals surface area (Å²) in [7, 11) is 0. The summed E-state index contributed by atoms with van der Waals surface area (Å²) < 4.78 is 0. The van der Waals surface area contributed by atoms with Crippen LogP contribution in [0.15, 0.2) is 5.16 Å². The minimum absolute atomic E-state index is 0.0209. The predicted molar refractivity (Wildman–Crippen MR) is 56.7 cm³/mol. The molecule has 0 aliphatic heterocycles. The highest BCUT2D eigenvalue weighted by Crippen LogP contribution is 2.25. The molecule has 2 unspecified atom stereocenters. The van der Waals surface area contributed by atoms with Gasteiger partial charge in [0.15, 0.2) is 0 Å². The standard InChI is InChI=1S/C9H18N4O2/c1-2-11-9(14)12-7-5-3-4-6(7)8(10)13-15/h6-7,15H,2-5H2,1H3,(H2,10,13)(H2,11,12,14). The van der Waals surface area contributed by atoms with Crippen LogP contribution in [0.4, 0.5) is 4.79 Å². The van der Waals surface area contributed by atoms with Gasteiger partial charge in [-0.1, -0.05) is 11.6 Å². The van der Waals surface area contributed by atoms with E-state index < -0.39 is 0 Å². The minimum Gasteiger partial charge on any atom is -0.409 e. The summed E-state index contributed by atoms with van der Waals surface area (Å²) >= 11 is 0. The van der Waals surface area contributed by atoms with E-state index in [9.17, 15) is 4.79 Å². The smallest absolute Gasteiger partial charge is 0.315 e. The van der Waals surface area contributed by atoms with Crippen LogP contribution in [-0.2, 0) is 0 Å². The maximum atomic E-state index is 11.3. The lowest BCUT2D eigenvalue weighted by Gasteiger charge is -2.19. The van der Waals surface area contributed by atoms with Gasteiger partial charge in [0.2, 0.25) is 0 Å². The normalized spacial score (nSPS) is 26.3. The highest BCUT2D eigenvalue weighted by Gasteiger charge is 2.31. The molecule has 6 heteroatoms. The molecule has 0 aromatic carbocycles. The molecule has 15 heavy (non-hydrogen) atoms. The molecule has 5 N–H and O–H groups in total. The topological polar surface area (TPSA) is 99.7 Å². The van der Waals surface area contributed by atoms with E-state index in [-0.39, 0.29) is 23.8 Å². The Kier molecular flexibility index (Phi) is 4.20. The Morgan fingerprint density at radius 3 is 2.93 bits per heavy atom. The first kappa shape index (κ1) is 11.6. The highest BCUT2D eigenvalue weighted by atomic mass is 16.4. The number of hydrogen-bond acceptors (Lipinski definition) is 3. The molecule has 0 aromatic rings. The van der Waals surface area contributed by atoms with Gasteiger partial charge in [0.25, 0.3) is 0 Å². The Morgan fingerprint density at radius 2 is 2.33 bits per heavy atom. The molecule has 2 amide bonds. The number of urea groups is 1. The van der Waals surface area contributed by atoms with Crippen LogP contribution < -0.4 is 16.4 Å². The second kappa shape index (κ2) is 5.43. The predicted octanol–water partition coefficient (Wildman–Crippen LogP) is 0.221. The maximum Gasteiger partial charge on any atom is 0.315 e. The first-order chi connectivity index (χ1) is 7.19. The van der Waals surface area contributed by atoms with Gasteiger partial charge < -0.3 is 21.6 Å². The molecule has 1 aliphatic rings. The van der Waals surface area contributed by atoms with Crippen LogP contribution in [0, 0.1) is 5.92 Å². The number of rotatable bonds is 3. The molecule has 0 spiro atoms. The van der Waals surface area contributed by atoms with E-state index in [4.69, 9.17) is 10.9 Å². The molecule has 0 radical (unpaired) electrons. The van der Waals surface area contributed by atoms with Crippen molar-refractivity contribution in [2.45, 2.75) is 32.2 Å². The zero-order valence-electron chi connectivity index (χ0n) is 8.86. The van der Waals surface area contributed by atoms with E-state index in [1.165, 1.54) is 0 Å². The molecule has 0 bridgehead atoms. The zero-order chi connectivity index (χ0) is 11.3. The van der Waals surface area contributed by atoms with E-state index in [2.05, 4.69) is 15.8 Å². The van der Waals surface area contributed by atoms with Crippen molar-refractivity contribution >= 4 is 11.9 Å². The molecule has 0 saturated heterocycles. The monoisotopic (exact) mass is 214 g/mol. The highest BCUT2D eigenvalue weighted by molar-refractivity contribution is 5.84. The molecule has 1 fully saturated rings. The Balaban J connectivity index is 2.50. The molecule has 1 aliphatic carbocycles. The van der Waals surface area contributed by atoms with Gasteiger partial charge in [-0.25, -0.2) is 4.79 Å². The maximum absolute atomic E-state index is 11.3. The van der Waals surface area contributed by atoms with E-state index in [1.54, 1.807) is 0 Å². The van der Waals surface area contributed by atoms with Crippen molar-refractivity contribution in [3.8, 4) is 0 Å². The third-order valence-corrected chi connectivity index (χ3v) is 2.67. The molecule has 6 nitrogen and oxygen atoms in total. The SMILES string of the molecule is CCNC(=O)NC1CCCC1C(N)=NO. The second-order valence-corrected chi connectivity index (χ2v) is 3.67. The van der Waals surface area contributed by atoms with Crippen molar-refractivity contribution in [2.24, 2.45) is 16.8 Å². The van der Waals surface area contributed by atoms with Crippen LogP contribution in [0.3, 0.4) is 0 Å². The first-order valence-electron chi connectivity index (χ1n) is 5.20. The van der Waals surface area contributed by atoms with Gasteiger partial charge in [-0.2, -0.15) is 0 Å². The molecular formula is C9H18N4O2. The summed E-state index contributed by atoms with van der Waals surface area (Å²) in [6.07, 6.45) is 2.71. The van der Waals surface area contributed by atoms with Gasteiger partial charge in [0.05, 0.1) is 0 Å². The zero-order valence-corrected chi connectivity index (χ0v) is 8.86. The second-order valence-electron chi connectivity index (χ2n) is 3.67. The largest absolute Gasteiger partial charge is 0.409 e. The fourth-order valence-corrected chi connectivity index (χ4v) is 1.94. The summed E-state index contributed by atoms with van der Waals surface area (Å²) in [6, 6.07) is -0.215. The van der Waals surface area contributed by atoms with E-state index in [0.717, 1.165) is 19.3 Å². The third kappa shape index (κ3) is 3.00. The molecule has 2 atom stereocenters. The van der Waals surface area contributed by atoms with E-state index >= 15 is 0 Å². The average molecular weight is 214 g/mol. The Labute approximate surface area is 88.9 Å². The summed E-state index contributed by atoms with van der Waals surface area (Å²) in [5.74, 6) is 0.159. The molecule has 0 heterocycles. The van der Waals surface area contributed by atoms with Gasteiger partial charge in [-0.05, 0) is 19.8 Å². The van der Waals surface area contributed by atoms with Crippen molar-refractivity contribution < 1.29 is 10.0 Å². The number of nitrogens with zero attached hydrogens (tertiary/aromatic N) is 1. The molecular weight excluding hydrogens is 196 g/mol. The Hall–Kier alpha value is -1.46. The molecule has 1 rings (SSSR count). The van der Waals surface area contributed by atoms with Crippen LogP contribution in [-0.4, -0.2) is 29.7 Å². The molecule has 86 valence electrons. The number of carbonyl (C=O) groups excluding carboxylic acids is 1. The van der Waals surface area contributed by atoms with Crippen molar-refractivity contribution in [1.29, 1.82) is 0 Å². The van der Waals surface area contributed by atoms with Crippen molar-refractivity contribution in [1.82, 2.24) is 10.6 Å². The average Bonchev–Trinajstić information content (AvgIpc) is 2.65. The van der Waals surface area contributed by atoms with Gasteiger partial charge in [0, 0.05) is 18.5 Å². The quantitative estimate of drug-likeness (QED) is 0.234. The molecule has 0 aromatic heterocycles. The van der Waals surface area contributed by atoms with Gasteiger partial charge >= 0.3 is 6.03 Å². The van der Waals surface area contributed by atoms with Crippen LogP contribution in [0.25, 0.3) is 0 Å². The molecule has 1 saturated carbocycles. The van der Waals surface area contributed by atoms with Gasteiger partial charge in [-0.15, -0.1) is 0 Å². The minimum atomic E-state index is -0.194. The van der Waals surface area contributed by atoms with Crippen LogP contribution in [0.2, 0.25) is 0 Å². The number of carbonyl (C=O) groups is 1. The summed E-state index contributed by atoms with van der Waals surface area (Å²) in [6.45, 7) is 2.45. The Bertz CT molecular complexity index is 254. The number of nitrogens with one attached hydrogen (secondary N) is 2. The third-order valence-electron chi connectivity index (χ3n) is 2.67. The lowest BCUT2D eigenvalue weighted by molar-refractivity contribution is 0.236. The van der Waals surface area contributed by atoms with E-state index in [1.807, 2.05) is 6.92 Å². The Morgan fingerprint density at radius 1 is 1.60 bits per heavy atom. The lowest BCUT2D eigenvalue weighted by Crippen LogP contribution is -2.46. The fraction of sp³-hybridized carbons (Fsp3) is 0.778. The van der Waals surface area contributed by atoms with Crippen molar-refractivity contribution in [3.63, 3.8) is 0 Å². The lowest BCUT2D eigenvalue weighted by atomic mass is 10.0. The number of amides is 2. The first-order valence-corrected chi connectivity index (χ1v) is 5.20. The van der Waals surface area contributed by atoms with Crippen LogP contribution in [0.1, 0.15) is 26.2 Å². The number of oxime groups is 1. The number of nitrogens with two attached hydrogens (primary N) is 1. The van der Waals surface area contributed by atoms with Crippen LogP contribution in [0.5, 0.6) is 0 Å². The summed E-state index contributed by atoms with van der Waals surface area (Å²) in [5, 5.41) is 17.1.